The number of alkyl halides is 1. The van der Waals surface area contributed by atoms with E-state index in [2.05, 4.69) is 0 Å². The van der Waals surface area contributed by atoms with E-state index in [1.54, 1.807) is 0 Å². The number of cyclic esters (lactones) is 1. The van der Waals surface area contributed by atoms with Crippen molar-refractivity contribution in [3.05, 3.63) is 35.9 Å². The van der Waals surface area contributed by atoms with Crippen LogP contribution in [-0.2, 0) is 14.9 Å². The Morgan fingerprint density at radius 1 is 1.36 bits per heavy atom. The van der Waals surface area contributed by atoms with Crippen molar-refractivity contribution in [1.82, 2.24) is 0 Å². The molecule has 3 heteroatoms. The highest BCUT2D eigenvalue weighted by Gasteiger charge is 2.70. The summed E-state index contributed by atoms with van der Waals surface area (Å²) in [4.78, 5) is 11.6. The second kappa shape index (κ2) is 2.51. The van der Waals surface area contributed by atoms with E-state index in [0.29, 0.717) is 0 Å². The third-order valence-electron chi connectivity index (χ3n) is 3.20. The lowest BCUT2D eigenvalue weighted by Gasteiger charge is -2.08. The van der Waals surface area contributed by atoms with Gasteiger partial charge in [-0.3, -0.25) is 4.79 Å². The molecule has 0 radical (unpaired) electrons. The van der Waals surface area contributed by atoms with E-state index in [-0.39, 0.29) is 11.9 Å². The number of hydrogen-bond acceptors (Lipinski definition) is 2. The van der Waals surface area contributed by atoms with Crippen LogP contribution in [-0.4, -0.2) is 11.5 Å². The van der Waals surface area contributed by atoms with Crippen LogP contribution >= 0.6 is 11.6 Å². The number of hydrogen-bond donors (Lipinski definition) is 0. The second-order valence-corrected chi connectivity index (χ2v) is 4.33. The third kappa shape index (κ3) is 0.845. The molecule has 1 saturated carbocycles. The smallest absolute Gasteiger partial charge is 0.318 e. The predicted molar refractivity (Wildman–Crippen MR) is 52.0 cm³/mol. The van der Waals surface area contributed by atoms with Crippen molar-refractivity contribution in [3.63, 3.8) is 0 Å². The first-order chi connectivity index (χ1) is 6.75. The van der Waals surface area contributed by atoms with Crippen molar-refractivity contribution in [1.29, 1.82) is 0 Å². The molecule has 1 aromatic rings. The number of fused-ring (bicyclic) bond motifs is 1. The molecular formula is C11H9ClO2. The topological polar surface area (TPSA) is 26.3 Å². The van der Waals surface area contributed by atoms with Gasteiger partial charge in [-0.1, -0.05) is 41.9 Å². The van der Waals surface area contributed by atoms with E-state index in [9.17, 15) is 4.79 Å². The fraction of sp³-hybridized carbons (Fsp3) is 0.364. The summed E-state index contributed by atoms with van der Waals surface area (Å²) in [6, 6.07) is 9.75. The summed E-state index contributed by atoms with van der Waals surface area (Å²) >= 11 is 5.90. The van der Waals surface area contributed by atoms with Gasteiger partial charge in [0.1, 0.15) is 5.41 Å². The molecule has 3 atom stereocenters. The van der Waals surface area contributed by atoms with Gasteiger partial charge in [0.2, 0.25) is 0 Å². The largest absolute Gasteiger partial charge is 0.445 e. The molecule has 2 aliphatic rings. The molecular weight excluding hydrogens is 200 g/mol. The molecule has 2 nitrogen and oxygen atoms in total. The Hall–Kier alpha value is -1.02. The highest BCUT2D eigenvalue weighted by atomic mass is 35.5. The molecule has 1 aliphatic heterocycles. The SMILES string of the molecule is O=C1OC(Cl)C2CC12c1ccccc1. The second-order valence-electron chi connectivity index (χ2n) is 3.90. The summed E-state index contributed by atoms with van der Waals surface area (Å²) in [5, 5.41) is 0. The zero-order valence-corrected chi connectivity index (χ0v) is 8.20. The molecule has 0 bridgehead atoms. The number of rotatable bonds is 1. The van der Waals surface area contributed by atoms with Crippen molar-refractivity contribution in [3.8, 4) is 0 Å². The van der Waals surface area contributed by atoms with Crippen LogP contribution in [0.1, 0.15) is 12.0 Å². The Bertz CT molecular complexity index is 390. The van der Waals surface area contributed by atoms with E-state index >= 15 is 0 Å². The van der Waals surface area contributed by atoms with Gasteiger partial charge in [0.05, 0.1) is 0 Å². The number of carbonyl (C=O) groups excluding carboxylic acids is 1. The molecule has 0 aromatic heterocycles. The van der Waals surface area contributed by atoms with E-state index in [4.69, 9.17) is 16.3 Å². The molecule has 1 heterocycles. The third-order valence-corrected chi connectivity index (χ3v) is 3.60. The van der Waals surface area contributed by atoms with Crippen LogP contribution in [0.3, 0.4) is 0 Å². The minimum atomic E-state index is -0.428. The van der Waals surface area contributed by atoms with Gasteiger partial charge in [-0.05, 0) is 12.0 Å². The zero-order chi connectivity index (χ0) is 9.76. The Balaban J connectivity index is 2.05. The van der Waals surface area contributed by atoms with Crippen LogP contribution in [0.5, 0.6) is 0 Å². The maximum atomic E-state index is 11.6. The Kier molecular flexibility index (Phi) is 1.49. The predicted octanol–water partition coefficient (Wildman–Crippen LogP) is 2.07. The molecule has 3 unspecified atom stereocenters. The molecule has 0 N–H and O–H groups in total. The first-order valence-electron chi connectivity index (χ1n) is 4.66. The number of carbonyl (C=O) groups is 1. The molecule has 72 valence electrons. The van der Waals surface area contributed by atoms with Gasteiger partial charge < -0.3 is 4.74 Å². The molecule has 1 aliphatic carbocycles. The van der Waals surface area contributed by atoms with Gasteiger partial charge >= 0.3 is 5.97 Å². The number of benzene rings is 1. The van der Waals surface area contributed by atoms with Crippen molar-refractivity contribution in [2.24, 2.45) is 5.92 Å². The highest BCUT2D eigenvalue weighted by molar-refractivity contribution is 6.22. The highest BCUT2D eigenvalue weighted by Crippen LogP contribution is 2.62. The minimum Gasteiger partial charge on any atom is -0.445 e. The quantitative estimate of drug-likeness (QED) is 0.522. The van der Waals surface area contributed by atoms with E-state index in [1.165, 1.54) is 0 Å². The molecule has 2 fully saturated rings. The van der Waals surface area contributed by atoms with Crippen LogP contribution in [0.2, 0.25) is 0 Å². The Labute approximate surface area is 86.8 Å². The number of halogens is 1. The van der Waals surface area contributed by atoms with Gasteiger partial charge in [-0.2, -0.15) is 0 Å². The molecule has 0 spiro atoms. The lowest BCUT2D eigenvalue weighted by atomic mass is 9.95. The van der Waals surface area contributed by atoms with Crippen LogP contribution in [0.25, 0.3) is 0 Å². The molecule has 3 rings (SSSR count). The van der Waals surface area contributed by atoms with Crippen molar-refractivity contribution < 1.29 is 9.53 Å². The van der Waals surface area contributed by atoms with E-state index in [1.807, 2.05) is 30.3 Å². The maximum Gasteiger partial charge on any atom is 0.318 e. The van der Waals surface area contributed by atoms with Crippen LogP contribution < -0.4 is 0 Å². The van der Waals surface area contributed by atoms with Gasteiger partial charge in [-0.15, -0.1) is 0 Å². The average molecular weight is 209 g/mol. The Morgan fingerprint density at radius 3 is 2.57 bits per heavy atom. The van der Waals surface area contributed by atoms with Crippen molar-refractivity contribution >= 4 is 17.6 Å². The monoisotopic (exact) mass is 208 g/mol. The summed E-state index contributed by atoms with van der Waals surface area (Å²) in [6.45, 7) is 0. The van der Waals surface area contributed by atoms with Crippen LogP contribution in [0, 0.1) is 5.92 Å². The molecule has 1 saturated heterocycles. The fourth-order valence-corrected chi connectivity index (χ4v) is 2.70. The van der Waals surface area contributed by atoms with E-state index in [0.717, 1.165) is 12.0 Å². The van der Waals surface area contributed by atoms with Gasteiger partial charge in [-0.25, -0.2) is 0 Å². The number of ether oxygens (including phenoxy) is 1. The van der Waals surface area contributed by atoms with Crippen molar-refractivity contribution in [2.45, 2.75) is 17.4 Å². The first-order valence-corrected chi connectivity index (χ1v) is 5.09. The van der Waals surface area contributed by atoms with Crippen LogP contribution in [0.15, 0.2) is 30.3 Å². The average Bonchev–Trinajstić information content (AvgIpc) is 2.90. The summed E-state index contributed by atoms with van der Waals surface area (Å²) in [5.41, 5.74) is 0.203. The molecule has 1 aromatic carbocycles. The molecule has 14 heavy (non-hydrogen) atoms. The Morgan fingerprint density at radius 2 is 2.07 bits per heavy atom. The first kappa shape index (κ1) is 8.30. The summed E-state index contributed by atoms with van der Waals surface area (Å²) < 4.78 is 5.01. The fourth-order valence-electron chi connectivity index (χ4n) is 2.31. The standard InChI is InChI=1S/C11H9ClO2/c12-9-8-6-11(8,10(13)14-9)7-4-2-1-3-5-7/h1-5,8-9H,6H2. The minimum absolute atomic E-state index is 0.159. The lowest BCUT2D eigenvalue weighted by Crippen LogP contribution is -2.18. The van der Waals surface area contributed by atoms with Gasteiger partial charge in [0.25, 0.3) is 0 Å². The maximum absolute atomic E-state index is 11.6. The summed E-state index contributed by atoms with van der Waals surface area (Å²) in [5.74, 6) is 0.0211. The zero-order valence-electron chi connectivity index (χ0n) is 7.44. The number of esters is 1. The normalized spacial score (nSPS) is 39.1. The van der Waals surface area contributed by atoms with Crippen molar-refractivity contribution in [2.75, 3.05) is 0 Å². The van der Waals surface area contributed by atoms with Gasteiger partial charge in [0, 0.05) is 5.92 Å². The summed E-state index contributed by atoms with van der Waals surface area (Å²) in [6.07, 6.45) is 0.837. The lowest BCUT2D eigenvalue weighted by molar-refractivity contribution is -0.143. The molecule has 0 amide bonds. The summed E-state index contributed by atoms with van der Waals surface area (Å²) in [7, 11) is 0. The van der Waals surface area contributed by atoms with Gasteiger partial charge in [0.15, 0.2) is 5.56 Å². The van der Waals surface area contributed by atoms with Crippen LogP contribution in [0.4, 0.5) is 0 Å². The van der Waals surface area contributed by atoms with E-state index < -0.39 is 11.0 Å².